The third-order valence-corrected chi connectivity index (χ3v) is 14.4. The van der Waals surface area contributed by atoms with E-state index in [1.165, 1.54) is 7.11 Å². The maximum atomic E-state index is 16.4. The van der Waals surface area contributed by atoms with Gasteiger partial charge in [0.15, 0.2) is 0 Å². The number of imidazole rings is 2. The van der Waals surface area contributed by atoms with Crippen LogP contribution in [0.5, 0.6) is 0 Å². The van der Waals surface area contributed by atoms with E-state index < -0.39 is 24.3 Å². The molecule has 0 saturated carbocycles. The molecule has 9 rings (SSSR count). The van der Waals surface area contributed by atoms with Crippen LogP contribution in [0.1, 0.15) is 132 Å². The van der Waals surface area contributed by atoms with Crippen molar-refractivity contribution in [1.29, 1.82) is 0 Å². The molecule has 6 atom stereocenters. The molecule has 4 aliphatic heterocycles. The van der Waals surface area contributed by atoms with Gasteiger partial charge < -0.3 is 50.0 Å². The number of piperidine rings is 1. The summed E-state index contributed by atoms with van der Waals surface area (Å²) in [6, 6.07) is 15.7. The highest BCUT2D eigenvalue weighted by atomic mass is 19.1. The second-order valence-corrected chi connectivity index (χ2v) is 19.4. The van der Waals surface area contributed by atoms with Crippen LogP contribution in [0, 0.1) is 17.7 Å². The molecule has 17 heteroatoms. The largest absolute Gasteiger partial charge is 0.465 e. The van der Waals surface area contributed by atoms with Crippen LogP contribution in [0.4, 0.5) is 25.4 Å². The number of ether oxygens (including phenoxy) is 1. The molecule has 0 spiro atoms. The molecular formula is C50H63FN10O6. The van der Waals surface area contributed by atoms with Crippen molar-refractivity contribution in [2.45, 2.75) is 122 Å². The Hall–Kier alpha value is -6.39. The monoisotopic (exact) mass is 918 g/mol. The number of hydrogen-bond donors (Lipinski definition) is 5. The van der Waals surface area contributed by atoms with E-state index in [1.54, 1.807) is 11.0 Å². The summed E-state index contributed by atoms with van der Waals surface area (Å²) in [6.07, 6.45) is 6.00. The molecule has 67 heavy (non-hydrogen) atoms. The molecule has 2 aromatic heterocycles. The topological polar surface area (TPSA) is 192 Å². The molecule has 3 aromatic carbocycles. The fourth-order valence-corrected chi connectivity index (χ4v) is 11.0. The Kier molecular flexibility index (Phi) is 13.0. The van der Waals surface area contributed by atoms with Crippen molar-refractivity contribution in [1.82, 2.24) is 40.4 Å². The number of benzene rings is 3. The number of fused-ring (bicyclic) bond motifs is 2. The molecule has 1 unspecified atom stereocenters. The van der Waals surface area contributed by atoms with Gasteiger partial charge in [0.05, 0.1) is 59.0 Å². The number of amides is 4. The average molecular weight is 919 g/mol. The highest BCUT2D eigenvalue weighted by Crippen LogP contribution is 2.48. The van der Waals surface area contributed by atoms with Crippen molar-refractivity contribution in [3.8, 4) is 0 Å². The molecule has 4 aliphatic rings. The van der Waals surface area contributed by atoms with Crippen LogP contribution in [0.15, 0.2) is 54.6 Å². The first-order valence-electron chi connectivity index (χ1n) is 24.1. The van der Waals surface area contributed by atoms with Gasteiger partial charge in [0, 0.05) is 31.9 Å². The van der Waals surface area contributed by atoms with Gasteiger partial charge in [-0.05, 0) is 123 Å². The number of carbonyl (C=O) groups excluding carboxylic acids is 3. The fraction of sp³-hybridized carbons (Fsp3) is 0.520. The van der Waals surface area contributed by atoms with E-state index in [2.05, 4.69) is 60.7 Å². The van der Waals surface area contributed by atoms with E-state index in [0.29, 0.717) is 36.8 Å². The number of hydrogen-bond acceptors (Lipinski definition) is 9. The van der Waals surface area contributed by atoms with Crippen molar-refractivity contribution >= 4 is 57.4 Å². The summed E-state index contributed by atoms with van der Waals surface area (Å²) >= 11 is 0. The number of nitrogens with one attached hydrogen (secondary N) is 4. The van der Waals surface area contributed by atoms with Gasteiger partial charge in [0.2, 0.25) is 11.8 Å². The van der Waals surface area contributed by atoms with Gasteiger partial charge in [-0.25, -0.2) is 23.9 Å². The Morgan fingerprint density at radius 1 is 0.672 bits per heavy atom. The molecule has 5 aromatic rings. The Labute approximate surface area is 390 Å². The maximum Gasteiger partial charge on any atom is 0.407 e. The standard InChI is InChI=1S/C50H63FN10O6/c1-28(2)43(56-49(64)65)47(62)59-23-9-11-41(59)45-52-34-16-13-30(25-36(34)54-45)38-19-20-39(61(38)32-15-18-40(33(51)27-32)58-21-7-6-8-22-58)31-14-17-35-37(26-31)55-46(53-35)42-12-10-24-60(42)48(63)44(29(3)4)57-50(66)67-5/h13-18,25-29,38-39,41-44,56H,6-12,19-24H2,1-5H3,(H,52,54)(H,53,55)(H,57,66)(H,64,65)/t38-,39-,41-,42?,43-,44-/m0/s1. The molecule has 4 saturated heterocycles. The SMILES string of the molecule is COC(=O)N[C@H](C(=O)N1CCCC1c1nc2ccc([C@@H]3CC[C@@H](c4ccc5nc([C@@H]6CCCN6C(=O)[C@@H](NC(=O)O)C(C)C)[nH]c5c4)N3c3ccc(N4CCCCC4)c(F)c3)cc2[nH]1)C(C)C. The minimum atomic E-state index is -1.23. The zero-order valence-corrected chi connectivity index (χ0v) is 39.1. The van der Waals surface area contributed by atoms with Gasteiger partial charge in [0.1, 0.15) is 29.5 Å². The summed E-state index contributed by atoms with van der Waals surface area (Å²) in [5.41, 5.74) is 6.75. The number of carbonyl (C=O) groups is 4. The number of halogens is 1. The van der Waals surface area contributed by atoms with E-state index >= 15 is 4.39 Å². The first-order chi connectivity index (χ1) is 32.3. The first-order valence-corrected chi connectivity index (χ1v) is 24.1. The Morgan fingerprint density at radius 3 is 1.67 bits per heavy atom. The van der Waals surface area contributed by atoms with Crippen molar-refractivity contribution in [2.24, 2.45) is 11.8 Å². The summed E-state index contributed by atoms with van der Waals surface area (Å²) in [6.45, 7) is 10.2. The van der Waals surface area contributed by atoms with Gasteiger partial charge in [-0.3, -0.25) is 9.59 Å². The van der Waals surface area contributed by atoms with Crippen LogP contribution in [-0.4, -0.2) is 104 Å². The van der Waals surface area contributed by atoms with E-state index in [-0.39, 0.29) is 53.6 Å². The predicted molar refractivity (Wildman–Crippen MR) is 253 cm³/mol. The lowest BCUT2D eigenvalue weighted by molar-refractivity contribution is -0.136. The molecule has 0 radical (unpaired) electrons. The molecule has 0 aliphatic carbocycles. The molecular weight excluding hydrogens is 856 g/mol. The minimum absolute atomic E-state index is 0.110. The smallest absolute Gasteiger partial charge is 0.407 e. The molecule has 4 fully saturated rings. The number of alkyl carbamates (subject to hydrolysis) is 1. The van der Waals surface area contributed by atoms with E-state index in [1.807, 2.05) is 50.8 Å². The van der Waals surface area contributed by atoms with Gasteiger partial charge in [-0.15, -0.1) is 0 Å². The Balaban J connectivity index is 1.02. The number of methoxy groups -OCH3 is 1. The van der Waals surface area contributed by atoms with Gasteiger partial charge >= 0.3 is 12.2 Å². The number of nitrogens with zero attached hydrogens (tertiary/aromatic N) is 6. The van der Waals surface area contributed by atoms with E-state index in [0.717, 1.165) is 103 Å². The maximum absolute atomic E-state index is 16.4. The Bertz CT molecular complexity index is 2640. The van der Waals surface area contributed by atoms with Crippen LogP contribution < -0.4 is 20.4 Å². The van der Waals surface area contributed by atoms with Crippen LogP contribution in [0.2, 0.25) is 0 Å². The number of carboxylic acid groups (broad SMARTS) is 1. The number of aromatic amines is 2. The third-order valence-electron chi connectivity index (χ3n) is 14.4. The molecule has 356 valence electrons. The van der Waals surface area contributed by atoms with Gasteiger partial charge in [0.25, 0.3) is 0 Å². The normalized spacial score (nSPS) is 22.0. The van der Waals surface area contributed by atoms with Crippen LogP contribution in [0.3, 0.4) is 0 Å². The number of aromatic nitrogens is 4. The zero-order valence-electron chi connectivity index (χ0n) is 39.1. The number of likely N-dealkylation sites (tertiary alicyclic amines) is 2. The number of rotatable bonds is 12. The molecule has 5 N–H and O–H groups in total. The van der Waals surface area contributed by atoms with Crippen LogP contribution in [-0.2, 0) is 14.3 Å². The molecule has 4 amide bonds. The Morgan fingerprint density at radius 2 is 1.19 bits per heavy atom. The second-order valence-electron chi connectivity index (χ2n) is 19.4. The quantitative estimate of drug-likeness (QED) is 0.0809. The fourth-order valence-electron chi connectivity index (χ4n) is 11.0. The molecule has 0 bridgehead atoms. The van der Waals surface area contributed by atoms with E-state index in [4.69, 9.17) is 14.7 Å². The summed E-state index contributed by atoms with van der Waals surface area (Å²) < 4.78 is 21.2. The van der Waals surface area contributed by atoms with Crippen LogP contribution in [0.25, 0.3) is 22.1 Å². The van der Waals surface area contributed by atoms with Gasteiger partial charge in [-0.2, -0.15) is 0 Å². The van der Waals surface area contributed by atoms with Crippen LogP contribution >= 0.6 is 0 Å². The average Bonchev–Trinajstić information content (AvgIpc) is 4.18. The summed E-state index contributed by atoms with van der Waals surface area (Å²) in [4.78, 5) is 76.5. The van der Waals surface area contributed by atoms with E-state index in [9.17, 15) is 24.3 Å². The molecule has 16 nitrogen and oxygen atoms in total. The predicted octanol–water partition coefficient (Wildman–Crippen LogP) is 8.65. The highest BCUT2D eigenvalue weighted by molar-refractivity contribution is 5.87. The van der Waals surface area contributed by atoms with Crippen molar-refractivity contribution in [3.63, 3.8) is 0 Å². The minimum Gasteiger partial charge on any atom is -0.465 e. The lowest BCUT2D eigenvalue weighted by Gasteiger charge is -2.34. The lowest BCUT2D eigenvalue weighted by Crippen LogP contribution is -2.51. The van der Waals surface area contributed by atoms with Crippen molar-refractivity contribution < 1.29 is 33.4 Å². The van der Waals surface area contributed by atoms with Gasteiger partial charge in [-0.1, -0.05) is 39.8 Å². The zero-order chi connectivity index (χ0) is 47.1. The number of anilines is 2. The molecule has 6 heterocycles. The summed E-state index contributed by atoms with van der Waals surface area (Å²) in [5.74, 6) is 0.337. The third kappa shape index (κ3) is 9.08. The summed E-state index contributed by atoms with van der Waals surface area (Å²) in [7, 11) is 1.29. The second kappa shape index (κ2) is 19.1. The van der Waals surface area contributed by atoms with Crippen molar-refractivity contribution in [2.75, 3.05) is 43.1 Å². The first kappa shape index (κ1) is 45.8. The van der Waals surface area contributed by atoms with Crippen molar-refractivity contribution in [3.05, 3.63) is 83.2 Å². The summed E-state index contributed by atoms with van der Waals surface area (Å²) in [5, 5.41) is 14.6. The number of H-pyrrole nitrogens is 2. The lowest BCUT2D eigenvalue weighted by atomic mass is 10.0. The highest BCUT2D eigenvalue weighted by Gasteiger charge is 2.41.